The van der Waals surface area contributed by atoms with Crippen LogP contribution in [0.1, 0.15) is 17.2 Å². The van der Waals surface area contributed by atoms with E-state index in [9.17, 15) is 21.2 Å². The van der Waals surface area contributed by atoms with E-state index in [1.54, 1.807) is 0 Å². The van der Waals surface area contributed by atoms with Crippen LogP contribution < -0.4 is 10.1 Å². The fraction of sp³-hybridized carbons (Fsp3) is 0.368. The molecule has 1 N–H and O–H groups in total. The number of benzene rings is 2. The van der Waals surface area contributed by atoms with Gasteiger partial charge in [0.15, 0.2) is 9.84 Å². The molecule has 0 bridgehead atoms. The van der Waals surface area contributed by atoms with Crippen LogP contribution in [0.15, 0.2) is 41.3 Å². The zero-order chi connectivity index (χ0) is 22.8. The van der Waals surface area contributed by atoms with Gasteiger partial charge in [-0.25, -0.2) is 12.8 Å². The van der Waals surface area contributed by atoms with Gasteiger partial charge in [-0.2, -0.15) is 8.42 Å². The summed E-state index contributed by atoms with van der Waals surface area (Å²) in [6, 6.07) is 7.67. The second-order valence-corrected chi connectivity index (χ2v) is 12.3. The minimum atomic E-state index is -4.02. The standard InChI is InChI=1S/C19H20ClFINO6S2/c1-30(24,25)29-10-2-9-23-16-11-28-18-15(22)8-7-14(21)17(18)19(16)31(26,27)13-5-3-12(20)4-6-13/h3-8,16,19,23H,2,9-11H2,1H3/t16-,19+/m0/s1. The summed E-state index contributed by atoms with van der Waals surface area (Å²) in [5.41, 5.74) is -0.0296. The summed E-state index contributed by atoms with van der Waals surface area (Å²) in [7, 11) is -7.58. The van der Waals surface area contributed by atoms with Crippen LogP contribution in [-0.4, -0.2) is 48.9 Å². The average molecular weight is 604 g/mol. The van der Waals surface area contributed by atoms with Crippen LogP contribution >= 0.6 is 34.2 Å². The Morgan fingerprint density at radius 2 is 1.87 bits per heavy atom. The zero-order valence-electron chi connectivity index (χ0n) is 16.3. The first-order chi connectivity index (χ1) is 14.5. The Morgan fingerprint density at radius 1 is 1.19 bits per heavy atom. The Hall–Kier alpha value is -0.990. The van der Waals surface area contributed by atoms with Crippen LogP contribution in [0.5, 0.6) is 5.75 Å². The third-order valence-electron chi connectivity index (χ3n) is 4.65. The topological polar surface area (TPSA) is 98.8 Å². The first-order valence-corrected chi connectivity index (χ1v) is 14.0. The first-order valence-electron chi connectivity index (χ1n) is 9.18. The number of halogens is 3. The Labute approximate surface area is 199 Å². The molecule has 1 aliphatic rings. The third-order valence-corrected chi connectivity index (χ3v) is 8.51. The van der Waals surface area contributed by atoms with Gasteiger partial charge >= 0.3 is 0 Å². The van der Waals surface area contributed by atoms with Crippen molar-refractivity contribution in [2.45, 2.75) is 22.6 Å². The molecule has 1 heterocycles. The van der Waals surface area contributed by atoms with E-state index in [0.717, 1.165) is 6.26 Å². The lowest BCUT2D eigenvalue weighted by atomic mass is 10.0. The SMILES string of the molecule is CS(=O)(=O)OCCCN[C@H]1COc2c(I)ccc(F)c2[C@@H]1S(=O)(=O)c1ccc(Cl)cc1. The van der Waals surface area contributed by atoms with Crippen LogP contribution in [-0.2, 0) is 24.1 Å². The summed E-state index contributed by atoms with van der Waals surface area (Å²) in [5, 5.41) is 2.19. The Morgan fingerprint density at radius 3 is 2.52 bits per heavy atom. The van der Waals surface area contributed by atoms with Crippen molar-refractivity contribution in [1.82, 2.24) is 5.32 Å². The lowest BCUT2D eigenvalue weighted by molar-refractivity contribution is 0.223. The van der Waals surface area contributed by atoms with Crippen molar-refractivity contribution in [3.05, 3.63) is 56.4 Å². The number of fused-ring (bicyclic) bond motifs is 1. The van der Waals surface area contributed by atoms with Crippen LogP contribution in [0.2, 0.25) is 5.02 Å². The summed E-state index contributed by atoms with van der Waals surface area (Å²) in [6.45, 7) is 0.185. The number of ether oxygens (including phenoxy) is 1. The minimum absolute atomic E-state index is 0.00310. The van der Waals surface area contributed by atoms with E-state index >= 15 is 0 Å². The van der Waals surface area contributed by atoms with Gasteiger partial charge in [-0.3, -0.25) is 4.18 Å². The monoisotopic (exact) mass is 603 g/mol. The van der Waals surface area contributed by atoms with E-state index in [-0.39, 0.29) is 36.0 Å². The number of hydrogen-bond donors (Lipinski definition) is 1. The molecule has 0 amide bonds. The molecule has 2 aromatic carbocycles. The maximum absolute atomic E-state index is 14.9. The Balaban J connectivity index is 1.93. The molecule has 0 saturated carbocycles. The predicted octanol–water partition coefficient (Wildman–Crippen LogP) is 3.32. The van der Waals surface area contributed by atoms with Gasteiger partial charge in [0.25, 0.3) is 10.1 Å². The summed E-state index contributed by atoms with van der Waals surface area (Å²) in [6.07, 6.45) is 1.25. The van der Waals surface area contributed by atoms with E-state index < -0.39 is 37.1 Å². The van der Waals surface area contributed by atoms with Crippen molar-refractivity contribution in [3.8, 4) is 5.75 Å². The summed E-state index contributed by atoms with van der Waals surface area (Å²) in [5.74, 6) is -0.466. The van der Waals surface area contributed by atoms with Gasteiger partial charge in [-0.05, 0) is 72.0 Å². The molecule has 31 heavy (non-hydrogen) atoms. The molecule has 7 nitrogen and oxygen atoms in total. The molecule has 0 saturated heterocycles. The van der Waals surface area contributed by atoms with E-state index in [4.69, 9.17) is 20.5 Å². The maximum Gasteiger partial charge on any atom is 0.264 e. The van der Waals surface area contributed by atoms with Crippen LogP contribution in [0.25, 0.3) is 0 Å². The van der Waals surface area contributed by atoms with Crippen molar-refractivity contribution in [3.63, 3.8) is 0 Å². The number of sulfone groups is 1. The lowest BCUT2D eigenvalue weighted by Gasteiger charge is -2.34. The quantitative estimate of drug-likeness (QED) is 0.281. The van der Waals surface area contributed by atoms with Gasteiger partial charge < -0.3 is 10.1 Å². The average Bonchev–Trinajstić information content (AvgIpc) is 2.69. The highest BCUT2D eigenvalue weighted by Crippen LogP contribution is 2.44. The van der Waals surface area contributed by atoms with Crippen molar-refractivity contribution in [1.29, 1.82) is 0 Å². The zero-order valence-corrected chi connectivity index (χ0v) is 20.9. The number of hydrogen-bond acceptors (Lipinski definition) is 7. The molecule has 2 aromatic rings. The largest absolute Gasteiger partial charge is 0.490 e. The second kappa shape index (κ2) is 9.87. The van der Waals surface area contributed by atoms with Crippen LogP contribution in [0.4, 0.5) is 4.39 Å². The van der Waals surface area contributed by atoms with Crippen LogP contribution in [0, 0.1) is 9.39 Å². The lowest BCUT2D eigenvalue weighted by Crippen LogP contribution is -2.46. The Kier molecular flexibility index (Phi) is 7.85. The van der Waals surface area contributed by atoms with Gasteiger partial charge in [-0.1, -0.05) is 11.6 Å². The molecule has 0 aliphatic carbocycles. The van der Waals surface area contributed by atoms with Gasteiger partial charge in [0.2, 0.25) is 0 Å². The van der Waals surface area contributed by atoms with E-state index in [1.807, 2.05) is 22.6 Å². The second-order valence-electron chi connectivity index (χ2n) is 6.94. The van der Waals surface area contributed by atoms with Crippen molar-refractivity contribution < 1.29 is 30.1 Å². The normalized spacial score (nSPS) is 19.0. The van der Waals surface area contributed by atoms with Gasteiger partial charge in [0.1, 0.15) is 23.4 Å². The molecule has 0 fully saturated rings. The highest BCUT2D eigenvalue weighted by atomic mass is 127. The fourth-order valence-electron chi connectivity index (χ4n) is 3.30. The molecule has 12 heteroatoms. The molecule has 0 radical (unpaired) electrons. The molecule has 0 aromatic heterocycles. The van der Waals surface area contributed by atoms with Crippen LogP contribution in [0.3, 0.4) is 0 Å². The first kappa shape index (κ1) is 24.6. The van der Waals surface area contributed by atoms with Crippen molar-refractivity contribution in [2.24, 2.45) is 0 Å². The fourth-order valence-corrected chi connectivity index (χ4v) is 6.42. The number of rotatable bonds is 8. The summed E-state index contributed by atoms with van der Waals surface area (Å²) < 4.78 is 75.1. The minimum Gasteiger partial charge on any atom is -0.490 e. The smallest absolute Gasteiger partial charge is 0.264 e. The third kappa shape index (κ3) is 5.88. The summed E-state index contributed by atoms with van der Waals surface area (Å²) in [4.78, 5) is 0.0141. The van der Waals surface area contributed by atoms with Crippen molar-refractivity contribution >= 4 is 54.1 Å². The highest BCUT2D eigenvalue weighted by molar-refractivity contribution is 14.1. The highest BCUT2D eigenvalue weighted by Gasteiger charge is 2.43. The van der Waals surface area contributed by atoms with Gasteiger partial charge in [0, 0.05) is 5.02 Å². The van der Waals surface area contributed by atoms with E-state index in [0.29, 0.717) is 15.0 Å². The molecule has 1 aliphatic heterocycles. The summed E-state index contributed by atoms with van der Waals surface area (Å²) >= 11 is 7.86. The molecule has 3 rings (SSSR count). The maximum atomic E-state index is 14.9. The molecule has 170 valence electrons. The molecular weight excluding hydrogens is 584 g/mol. The van der Waals surface area contributed by atoms with E-state index in [1.165, 1.54) is 36.4 Å². The predicted molar refractivity (Wildman–Crippen MR) is 123 cm³/mol. The van der Waals surface area contributed by atoms with Crippen molar-refractivity contribution in [2.75, 3.05) is 26.0 Å². The molecule has 0 spiro atoms. The number of nitrogens with one attached hydrogen (secondary N) is 1. The van der Waals surface area contributed by atoms with Gasteiger partial charge in [-0.15, -0.1) is 0 Å². The van der Waals surface area contributed by atoms with E-state index in [2.05, 4.69) is 5.32 Å². The Bertz CT molecular complexity index is 1160. The molecular formula is C19H20ClFINO6S2. The molecule has 2 atom stereocenters. The van der Waals surface area contributed by atoms with Gasteiger partial charge in [0.05, 0.1) is 32.9 Å². The molecule has 0 unspecified atom stereocenters.